The van der Waals surface area contributed by atoms with Gasteiger partial charge in [0.25, 0.3) is 0 Å². The first-order chi connectivity index (χ1) is 15.5. The summed E-state index contributed by atoms with van der Waals surface area (Å²) < 4.78 is 54.6. The van der Waals surface area contributed by atoms with Gasteiger partial charge in [-0.1, -0.05) is 12.1 Å². The van der Waals surface area contributed by atoms with Crippen LogP contribution in [0, 0.1) is 5.82 Å². The van der Waals surface area contributed by atoms with Gasteiger partial charge < -0.3 is 10.4 Å². The van der Waals surface area contributed by atoms with Crippen LogP contribution in [-0.2, 0) is 18.3 Å². The smallest absolute Gasteiger partial charge is 0.394 e. The Morgan fingerprint density at radius 1 is 1.18 bits per heavy atom. The van der Waals surface area contributed by atoms with E-state index in [-0.39, 0.29) is 24.7 Å². The Bertz CT molecular complexity index is 1030. The zero-order chi connectivity index (χ0) is 24.0. The summed E-state index contributed by atoms with van der Waals surface area (Å²) in [6.07, 6.45) is -2.23. The molecule has 7 nitrogen and oxygen atoms in total. The van der Waals surface area contributed by atoms with Gasteiger partial charge in [0.2, 0.25) is 0 Å². The first-order valence-corrected chi connectivity index (χ1v) is 10.8. The molecular formula is C22H27F4N5O2. The highest BCUT2D eigenvalue weighted by Gasteiger charge is 2.51. The lowest BCUT2D eigenvalue weighted by Gasteiger charge is -2.48. The summed E-state index contributed by atoms with van der Waals surface area (Å²) in [4.78, 5) is 16.2. The summed E-state index contributed by atoms with van der Waals surface area (Å²) in [5.41, 5.74) is -1.27. The van der Waals surface area contributed by atoms with E-state index in [0.717, 1.165) is 16.3 Å². The molecule has 4 rings (SSSR count). The van der Waals surface area contributed by atoms with Crippen LogP contribution in [0.4, 0.5) is 28.2 Å². The number of carbonyl (C=O) groups excluding carboxylic acids is 1. The molecule has 1 saturated carbocycles. The van der Waals surface area contributed by atoms with Crippen molar-refractivity contribution >= 4 is 11.8 Å². The van der Waals surface area contributed by atoms with Crippen molar-refractivity contribution in [2.75, 3.05) is 32.1 Å². The van der Waals surface area contributed by atoms with E-state index in [1.807, 2.05) is 20.2 Å². The molecule has 11 heteroatoms. The maximum absolute atomic E-state index is 13.9. The highest BCUT2D eigenvalue weighted by Crippen LogP contribution is 2.46. The van der Waals surface area contributed by atoms with Crippen molar-refractivity contribution in [3.05, 3.63) is 47.4 Å². The van der Waals surface area contributed by atoms with Crippen LogP contribution in [0.25, 0.3) is 0 Å². The van der Waals surface area contributed by atoms with E-state index in [2.05, 4.69) is 15.3 Å². The second-order valence-corrected chi connectivity index (χ2v) is 9.07. The number of nitrogens with zero attached hydrogens (tertiary/aromatic N) is 4. The molecule has 1 aromatic carbocycles. The molecule has 2 amide bonds. The second-order valence-electron chi connectivity index (χ2n) is 9.07. The first-order valence-electron chi connectivity index (χ1n) is 10.8. The number of rotatable bonds is 5. The third kappa shape index (κ3) is 4.19. The topological polar surface area (TPSA) is 73.6 Å². The normalized spacial score (nSPS) is 25.8. The minimum atomic E-state index is -4.66. The predicted octanol–water partition coefficient (Wildman–Crippen LogP) is 3.33. The van der Waals surface area contributed by atoms with Crippen LogP contribution in [0.5, 0.6) is 0 Å². The number of urea groups is 1. The van der Waals surface area contributed by atoms with Crippen molar-refractivity contribution < 1.29 is 27.5 Å². The van der Waals surface area contributed by atoms with Gasteiger partial charge in [0.05, 0.1) is 25.2 Å². The van der Waals surface area contributed by atoms with E-state index in [9.17, 15) is 27.5 Å². The molecule has 33 heavy (non-hydrogen) atoms. The molecule has 1 aliphatic carbocycles. The van der Waals surface area contributed by atoms with E-state index in [1.54, 1.807) is 6.07 Å². The number of aliphatic hydroxyl groups excluding tert-OH is 1. The van der Waals surface area contributed by atoms with Crippen LogP contribution in [0.3, 0.4) is 0 Å². The molecule has 2 heterocycles. The molecule has 2 aliphatic rings. The zero-order valence-electron chi connectivity index (χ0n) is 18.5. The number of carbonyl (C=O) groups is 1. The molecule has 0 unspecified atom stereocenters. The molecule has 1 aromatic heterocycles. The summed E-state index contributed by atoms with van der Waals surface area (Å²) in [5.74, 6) is -0.313. The van der Waals surface area contributed by atoms with Crippen molar-refractivity contribution in [2.45, 2.75) is 49.5 Å². The van der Waals surface area contributed by atoms with Crippen LogP contribution in [-0.4, -0.2) is 58.6 Å². The number of nitrogens with one attached hydrogen (secondary N) is 1. The number of hydrogen-bond acceptors (Lipinski definition) is 4. The van der Waals surface area contributed by atoms with E-state index < -0.39 is 35.6 Å². The summed E-state index contributed by atoms with van der Waals surface area (Å²) in [5, 5.41) is 15.8. The van der Waals surface area contributed by atoms with Gasteiger partial charge in [0.1, 0.15) is 11.6 Å². The minimum Gasteiger partial charge on any atom is -0.394 e. The average Bonchev–Trinajstić information content (AvgIpc) is 3.30. The van der Waals surface area contributed by atoms with E-state index in [4.69, 9.17) is 0 Å². The van der Waals surface area contributed by atoms with Crippen LogP contribution in [0.15, 0.2) is 30.3 Å². The number of hydrogen-bond donors (Lipinski definition) is 2. The van der Waals surface area contributed by atoms with Crippen LogP contribution >= 0.6 is 0 Å². The van der Waals surface area contributed by atoms with Crippen molar-refractivity contribution in [3.63, 3.8) is 0 Å². The van der Waals surface area contributed by atoms with Crippen molar-refractivity contribution in [1.29, 1.82) is 0 Å². The average molecular weight is 469 g/mol. The second kappa shape index (κ2) is 8.28. The third-order valence-corrected chi connectivity index (χ3v) is 6.97. The number of anilines is 1. The Morgan fingerprint density at radius 3 is 2.45 bits per heavy atom. The molecule has 0 atom stereocenters. The van der Waals surface area contributed by atoms with E-state index >= 15 is 0 Å². The lowest BCUT2D eigenvalue weighted by molar-refractivity contribution is -0.141. The van der Waals surface area contributed by atoms with Gasteiger partial charge in [-0.15, -0.1) is 0 Å². The standard InChI is InChI=1S/C22H27F4N5O2/c1-29(2)21(15-4-3-5-16(23)12-15)8-6-20(7-9-21)14-30(19(33)27-20)18-13-17(22(24,25)26)28-31(18)10-11-32/h3-5,12-13,32H,6-11,14H2,1-2H3,(H,27,33). The maximum Gasteiger partial charge on any atom is 0.435 e. The van der Waals surface area contributed by atoms with Gasteiger partial charge in [-0.3, -0.25) is 9.80 Å². The Hall–Kier alpha value is -2.66. The first kappa shape index (κ1) is 23.5. The third-order valence-electron chi connectivity index (χ3n) is 6.97. The summed E-state index contributed by atoms with van der Waals surface area (Å²) >= 11 is 0. The lowest BCUT2D eigenvalue weighted by Crippen LogP contribution is -2.54. The number of benzene rings is 1. The number of alkyl halides is 3. The fourth-order valence-electron chi connectivity index (χ4n) is 5.11. The molecule has 180 valence electrons. The van der Waals surface area contributed by atoms with Gasteiger partial charge in [0.15, 0.2) is 5.69 Å². The molecule has 2 aromatic rings. The van der Waals surface area contributed by atoms with Gasteiger partial charge in [-0.05, 0) is 57.5 Å². The van der Waals surface area contributed by atoms with Crippen LogP contribution < -0.4 is 10.2 Å². The van der Waals surface area contributed by atoms with Gasteiger partial charge in [0, 0.05) is 11.6 Å². The highest BCUT2D eigenvalue weighted by molar-refractivity contribution is 5.94. The molecule has 1 spiro atoms. The SMILES string of the molecule is CN(C)C1(c2cccc(F)c2)CCC2(CC1)CN(c1cc(C(F)(F)F)nn1CCO)C(=O)N2. The van der Waals surface area contributed by atoms with Crippen molar-refractivity contribution in [2.24, 2.45) is 0 Å². The van der Waals surface area contributed by atoms with Crippen LogP contribution in [0.2, 0.25) is 0 Å². The number of aliphatic hydroxyl groups is 1. The largest absolute Gasteiger partial charge is 0.435 e. The fourth-order valence-corrected chi connectivity index (χ4v) is 5.11. The molecule has 2 fully saturated rings. The highest BCUT2D eigenvalue weighted by atomic mass is 19.4. The number of amides is 2. The number of halogens is 4. The van der Waals surface area contributed by atoms with Crippen LogP contribution in [0.1, 0.15) is 36.9 Å². The lowest BCUT2D eigenvalue weighted by atomic mass is 9.69. The monoisotopic (exact) mass is 469 g/mol. The van der Waals surface area contributed by atoms with Gasteiger partial charge >= 0.3 is 12.2 Å². The molecule has 0 bridgehead atoms. The summed E-state index contributed by atoms with van der Waals surface area (Å²) in [6, 6.07) is 6.85. The molecule has 2 N–H and O–H groups in total. The van der Waals surface area contributed by atoms with Gasteiger partial charge in [-0.2, -0.15) is 18.3 Å². The van der Waals surface area contributed by atoms with Gasteiger partial charge in [-0.25, -0.2) is 13.9 Å². The fraction of sp³-hybridized carbons (Fsp3) is 0.545. The van der Waals surface area contributed by atoms with E-state index in [1.165, 1.54) is 17.0 Å². The summed E-state index contributed by atoms with van der Waals surface area (Å²) in [7, 11) is 3.88. The van der Waals surface area contributed by atoms with Crippen molar-refractivity contribution in [3.8, 4) is 0 Å². The molecule has 1 saturated heterocycles. The molecule has 0 radical (unpaired) electrons. The van der Waals surface area contributed by atoms with Crippen molar-refractivity contribution in [1.82, 2.24) is 20.0 Å². The Labute approximate surface area is 189 Å². The Kier molecular flexibility index (Phi) is 5.90. The van der Waals surface area contributed by atoms with E-state index in [0.29, 0.717) is 25.7 Å². The predicted molar refractivity (Wildman–Crippen MR) is 113 cm³/mol. The Balaban J connectivity index is 1.59. The summed E-state index contributed by atoms with van der Waals surface area (Å²) in [6.45, 7) is -0.385. The maximum atomic E-state index is 13.9. The Morgan fingerprint density at radius 2 is 1.88 bits per heavy atom. The minimum absolute atomic E-state index is 0.000303. The number of aromatic nitrogens is 2. The quantitative estimate of drug-likeness (QED) is 0.659. The zero-order valence-corrected chi connectivity index (χ0v) is 18.5. The molecule has 1 aliphatic heterocycles. The molecular weight excluding hydrogens is 442 g/mol.